The minimum absolute atomic E-state index is 0.0405. The Hall–Kier alpha value is -1.88. The summed E-state index contributed by atoms with van der Waals surface area (Å²) in [5.41, 5.74) is -0.493. The molecule has 1 saturated heterocycles. The Labute approximate surface area is 218 Å². The maximum atomic E-state index is 11.8. The van der Waals surface area contributed by atoms with Crippen molar-refractivity contribution in [2.45, 2.75) is 50.1 Å². The largest absolute Gasteiger partial charge is 0.505 e. The van der Waals surface area contributed by atoms with Gasteiger partial charge in [0.05, 0.1) is 45.8 Å². The summed E-state index contributed by atoms with van der Waals surface area (Å²) in [6, 6.07) is 1.44. The number of rotatable bonds is 14. The van der Waals surface area contributed by atoms with Crippen molar-refractivity contribution in [3.05, 3.63) is 18.0 Å². The van der Waals surface area contributed by atoms with Crippen LogP contribution in [0.1, 0.15) is 19.5 Å². The molecule has 3 heterocycles. The number of carbonyl (C=O) groups is 1. The number of aromatic hydroxyl groups is 1. The highest BCUT2D eigenvalue weighted by atomic mass is 32.2. The van der Waals surface area contributed by atoms with Gasteiger partial charge in [-0.05, 0) is 13.8 Å². The maximum Gasteiger partial charge on any atom is 0.186 e. The van der Waals surface area contributed by atoms with Crippen LogP contribution in [-0.2, 0) is 23.7 Å². The van der Waals surface area contributed by atoms with Crippen LogP contribution in [0, 0.1) is 0 Å². The van der Waals surface area contributed by atoms with Crippen LogP contribution in [0.15, 0.2) is 17.3 Å². The summed E-state index contributed by atoms with van der Waals surface area (Å²) in [7, 11) is 0. The summed E-state index contributed by atoms with van der Waals surface area (Å²) in [5.74, 6) is 0.742. The quantitative estimate of drug-likeness (QED) is 0.176. The highest BCUT2D eigenvalue weighted by molar-refractivity contribution is 8.14. The number of aromatic nitrogens is 1. The number of aliphatic hydroxyl groups is 4. The van der Waals surface area contributed by atoms with Crippen LogP contribution >= 0.6 is 11.8 Å². The van der Waals surface area contributed by atoms with E-state index in [1.165, 1.54) is 30.9 Å². The monoisotopic (exact) mass is 546 g/mol. The fourth-order valence-corrected chi connectivity index (χ4v) is 4.69. The second-order valence-electron chi connectivity index (χ2n) is 8.72. The number of aliphatic imine (C=N–C) groups is 1. The standard InChI is InChI=1S/C23H34N2O11S/c1-13(27)23(2)12-37-21(25-23)17-15(28)9-14(10-24-17)34-7-5-32-3-4-33-6-8-35-22-20(31)19(30)18(29)16(11-26)36-22/h9-10,16,18-20,22,26,28-31H,3-8,11-12H2,1-2H3/t16?,18-,19-,20?,22-,23-/m1/s1. The molecule has 37 heavy (non-hydrogen) atoms. The van der Waals surface area contributed by atoms with Crippen LogP contribution in [0.4, 0.5) is 0 Å². The van der Waals surface area contributed by atoms with E-state index in [9.17, 15) is 25.2 Å². The first-order valence-electron chi connectivity index (χ1n) is 11.8. The fourth-order valence-electron chi connectivity index (χ4n) is 3.45. The zero-order chi connectivity index (χ0) is 27.0. The van der Waals surface area contributed by atoms with Gasteiger partial charge in [0.15, 0.2) is 12.1 Å². The SMILES string of the molecule is CC(=O)[C@@]1(C)CSC(c2ncc(OCCOCCOCCO[C@@H]3OC(CO)[C@@H](O)[C@@H](O)C3O)cc2O)=N1. The van der Waals surface area contributed by atoms with Crippen LogP contribution < -0.4 is 4.74 Å². The molecule has 6 atom stereocenters. The Morgan fingerprint density at radius 2 is 1.78 bits per heavy atom. The second kappa shape index (κ2) is 13.8. The molecule has 0 aliphatic carbocycles. The van der Waals surface area contributed by atoms with Gasteiger partial charge in [0.25, 0.3) is 0 Å². The molecule has 0 spiro atoms. The van der Waals surface area contributed by atoms with Gasteiger partial charge in [0, 0.05) is 11.8 Å². The molecule has 1 aromatic heterocycles. The molecule has 2 unspecified atom stereocenters. The lowest BCUT2D eigenvalue weighted by molar-refractivity contribution is -0.302. The number of aliphatic hydroxyl groups excluding tert-OH is 4. The van der Waals surface area contributed by atoms with Gasteiger partial charge >= 0.3 is 0 Å². The first kappa shape index (κ1) is 29.7. The fraction of sp³-hybridized carbons (Fsp3) is 0.696. The lowest BCUT2D eigenvalue weighted by Gasteiger charge is -2.39. The van der Waals surface area contributed by atoms with E-state index in [0.717, 1.165) is 0 Å². The summed E-state index contributed by atoms with van der Waals surface area (Å²) < 4.78 is 26.9. The Morgan fingerprint density at radius 1 is 1.11 bits per heavy atom. The summed E-state index contributed by atoms with van der Waals surface area (Å²) in [6.07, 6.45) is -5.12. The highest BCUT2D eigenvalue weighted by Gasteiger charge is 2.44. The summed E-state index contributed by atoms with van der Waals surface area (Å²) in [4.78, 5) is 20.4. The number of pyridine rings is 1. The number of thioether (sulfide) groups is 1. The highest BCUT2D eigenvalue weighted by Crippen LogP contribution is 2.34. The molecule has 0 radical (unpaired) electrons. The van der Waals surface area contributed by atoms with E-state index >= 15 is 0 Å². The van der Waals surface area contributed by atoms with Gasteiger partial charge in [-0.25, -0.2) is 4.98 Å². The molecule has 0 bridgehead atoms. The predicted octanol–water partition coefficient (Wildman–Crippen LogP) is -1.14. The van der Waals surface area contributed by atoms with Crippen LogP contribution in [-0.4, -0.2) is 130 Å². The van der Waals surface area contributed by atoms with Gasteiger partial charge in [-0.2, -0.15) is 0 Å². The van der Waals surface area contributed by atoms with Crippen molar-refractivity contribution in [1.82, 2.24) is 4.98 Å². The average molecular weight is 547 g/mol. The predicted molar refractivity (Wildman–Crippen MR) is 131 cm³/mol. The van der Waals surface area contributed by atoms with E-state index in [4.69, 9.17) is 28.8 Å². The summed E-state index contributed by atoms with van der Waals surface area (Å²) in [5, 5.41) is 49.4. The van der Waals surface area contributed by atoms with Crippen molar-refractivity contribution in [3.63, 3.8) is 0 Å². The number of ketones is 1. The third kappa shape index (κ3) is 7.81. The van der Waals surface area contributed by atoms with Crippen LogP contribution in [0.5, 0.6) is 11.5 Å². The normalized spacial score (nSPS) is 29.8. The molecule has 3 rings (SSSR count). The van der Waals surface area contributed by atoms with E-state index in [1.54, 1.807) is 6.92 Å². The van der Waals surface area contributed by atoms with Gasteiger partial charge < -0.3 is 49.2 Å². The number of hydrogen-bond acceptors (Lipinski definition) is 14. The molecular weight excluding hydrogens is 512 g/mol. The summed E-state index contributed by atoms with van der Waals surface area (Å²) in [6.45, 7) is 4.00. The molecule has 2 aliphatic rings. The number of carbonyl (C=O) groups excluding carboxylic acids is 1. The van der Waals surface area contributed by atoms with Gasteiger partial charge in [-0.3, -0.25) is 9.79 Å². The minimum Gasteiger partial charge on any atom is -0.505 e. The second-order valence-corrected chi connectivity index (χ2v) is 9.68. The van der Waals surface area contributed by atoms with E-state index in [0.29, 0.717) is 22.2 Å². The Morgan fingerprint density at radius 3 is 2.41 bits per heavy atom. The van der Waals surface area contributed by atoms with Crippen molar-refractivity contribution < 1.29 is 54.0 Å². The third-order valence-corrected chi connectivity index (χ3v) is 7.13. The Balaban J connectivity index is 1.26. The molecule has 0 aromatic carbocycles. The van der Waals surface area contributed by atoms with Crippen LogP contribution in [0.25, 0.3) is 0 Å². The number of hydrogen-bond donors (Lipinski definition) is 5. The molecule has 208 valence electrons. The number of nitrogens with zero attached hydrogens (tertiary/aromatic N) is 2. The first-order chi connectivity index (χ1) is 17.7. The van der Waals surface area contributed by atoms with Gasteiger partial charge in [0.2, 0.25) is 0 Å². The minimum atomic E-state index is -1.49. The van der Waals surface area contributed by atoms with Crippen molar-refractivity contribution >= 4 is 22.6 Å². The van der Waals surface area contributed by atoms with Crippen LogP contribution in [0.2, 0.25) is 0 Å². The zero-order valence-electron chi connectivity index (χ0n) is 20.7. The van der Waals surface area contributed by atoms with Crippen LogP contribution in [0.3, 0.4) is 0 Å². The van der Waals surface area contributed by atoms with Gasteiger partial charge in [-0.15, -0.1) is 11.8 Å². The molecule has 14 heteroatoms. The lowest BCUT2D eigenvalue weighted by atomic mass is 9.99. The zero-order valence-corrected chi connectivity index (χ0v) is 21.5. The molecule has 1 aromatic rings. The molecule has 0 amide bonds. The third-order valence-electron chi connectivity index (χ3n) is 5.87. The number of ether oxygens (including phenoxy) is 5. The van der Waals surface area contributed by atoms with E-state index in [1.807, 2.05) is 0 Å². The van der Waals surface area contributed by atoms with Crippen molar-refractivity contribution in [3.8, 4) is 11.5 Å². The first-order valence-corrected chi connectivity index (χ1v) is 12.8. The molecule has 0 saturated carbocycles. The molecule has 2 aliphatic heterocycles. The van der Waals surface area contributed by atoms with E-state index in [2.05, 4.69) is 9.98 Å². The summed E-state index contributed by atoms with van der Waals surface area (Å²) >= 11 is 1.37. The molecule has 1 fully saturated rings. The van der Waals surface area contributed by atoms with Crippen molar-refractivity contribution in [1.29, 1.82) is 0 Å². The van der Waals surface area contributed by atoms with Gasteiger partial charge in [0.1, 0.15) is 58.8 Å². The lowest BCUT2D eigenvalue weighted by Crippen LogP contribution is -2.59. The van der Waals surface area contributed by atoms with Crippen molar-refractivity contribution in [2.24, 2.45) is 4.99 Å². The van der Waals surface area contributed by atoms with Gasteiger partial charge in [-0.1, -0.05) is 0 Å². The molecular formula is C23H34N2O11S. The molecule has 5 N–H and O–H groups in total. The maximum absolute atomic E-state index is 11.8. The topological polar surface area (TPSA) is 190 Å². The van der Waals surface area contributed by atoms with Crippen molar-refractivity contribution in [2.75, 3.05) is 52.0 Å². The van der Waals surface area contributed by atoms with E-state index < -0.39 is 42.9 Å². The Kier molecular flexibility index (Phi) is 11.0. The average Bonchev–Trinajstić information content (AvgIpc) is 3.28. The number of Topliss-reactive ketones (excluding diaryl/α,β-unsaturated/α-hetero) is 1. The smallest absolute Gasteiger partial charge is 0.186 e. The van der Waals surface area contributed by atoms with E-state index in [-0.39, 0.29) is 51.2 Å². The molecule has 13 nitrogen and oxygen atoms in total. The Bertz CT molecular complexity index is 934.